The highest BCUT2D eigenvalue weighted by Crippen LogP contribution is 2.32. The van der Waals surface area contributed by atoms with E-state index < -0.39 is 0 Å². The lowest BCUT2D eigenvalue weighted by Gasteiger charge is -2.38. The number of hydrogen-bond donors (Lipinski definition) is 1. The summed E-state index contributed by atoms with van der Waals surface area (Å²) in [6, 6.07) is 0.978. The van der Waals surface area contributed by atoms with Crippen LogP contribution in [0.1, 0.15) is 52.9 Å². The van der Waals surface area contributed by atoms with Crippen LogP contribution in [0.2, 0.25) is 0 Å². The first kappa shape index (κ1) is 16.9. The molecule has 114 valence electrons. The molecule has 3 nitrogen and oxygen atoms in total. The average Bonchev–Trinajstić information content (AvgIpc) is 2.38. The third kappa shape index (κ3) is 5.80. The number of nitrogens with zero attached hydrogens (tertiary/aromatic N) is 1. The van der Waals surface area contributed by atoms with Crippen molar-refractivity contribution < 1.29 is 4.74 Å². The molecule has 1 fully saturated rings. The summed E-state index contributed by atoms with van der Waals surface area (Å²) in [5.74, 6) is 1.58. The van der Waals surface area contributed by atoms with Gasteiger partial charge in [0.05, 0.1) is 6.61 Å². The Labute approximate surface area is 119 Å². The Balaban J connectivity index is 2.49. The molecule has 0 saturated heterocycles. The van der Waals surface area contributed by atoms with Crippen LogP contribution in [0.15, 0.2) is 0 Å². The zero-order valence-corrected chi connectivity index (χ0v) is 13.4. The molecule has 0 radical (unpaired) electrons. The molecule has 0 aromatic carbocycles. The maximum atomic E-state index is 6.36. The van der Waals surface area contributed by atoms with Crippen molar-refractivity contribution >= 4 is 0 Å². The van der Waals surface area contributed by atoms with Gasteiger partial charge in [-0.1, -0.05) is 19.8 Å². The Kier molecular flexibility index (Phi) is 7.96. The molecule has 1 saturated carbocycles. The Hall–Kier alpha value is -0.120. The van der Waals surface area contributed by atoms with Gasteiger partial charge in [-0.05, 0) is 44.9 Å². The molecule has 1 aliphatic rings. The van der Waals surface area contributed by atoms with Crippen LogP contribution in [0.25, 0.3) is 0 Å². The number of methoxy groups -OCH3 is 1. The summed E-state index contributed by atoms with van der Waals surface area (Å²) in [6.07, 6.45) is 6.56. The van der Waals surface area contributed by atoms with E-state index in [4.69, 9.17) is 10.5 Å². The van der Waals surface area contributed by atoms with Gasteiger partial charge in [0.15, 0.2) is 0 Å². The second-order valence-corrected chi connectivity index (χ2v) is 6.47. The summed E-state index contributed by atoms with van der Waals surface area (Å²) >= 11 is 0. The van der Waals surface area contributed by atoms with Gasteiger partial charge >= 0.3 is 0 Å². The fourth-order valence-electron chi connectivity index (χ4n) is 3.34. The van der Waals surface area contributed by atoms with Crippen LogP contribution in [-0.2, 0) is 4.74 Å². The van der Waals surface area contributed by atoms with Crippen molar-refractivity contribution in [2.24, 2.45) is 17.6 Å². The van der Waals surface area contributed by atoms with Gasteiger partial charge < -0.3 is 10.5 Å². The fourth-order valence-corrected chi connectivity index (χ4v) is 3.34. The third-order valence-electron chi connectivity index (χ3n) is 4.63. The Morgan fingerprint density at radius 1 is 1.32 bits per heavy atom. The average molecular weight is 270 g/mol. The minimum absolute atomic E-state index is 0.400. The van der Waals surface area contributed by atoms with Crippen LogP contribution in [0.3, 0.4) is 0 Å². The quantitative estimate of drug-likeness (QED) is 0.737. The number of nitrogens with two attached hydrogens (primary N) is 1. The molecule has 3 atom stereocenters. The van der Waals surface area contributed by atoms with E-state index >= 15 is 0 Å². The highest BCUT2D eigenvalue weighted by atomic mass is 16.5. The van der Waals surface area contributed by atoms with Crippen molar-refractivity contribution in [2.75, 3.05) is 26.8 Å². The smallest absolute Gasteiger partial charge is 0.0589 e. The third-order valence-corrected chi connectivity index (χ3v) is 4.63. The van der Waals surface area contributed by atoms with Crippen molar-refractivity contribution in [3.63, 3.8) is 0 Å². The molecule has 3 heteroatoms. The van der Waals surface area contributed by atoms with Gasteiger partial charge in [0.2, 0.25) is 0 Å². The molecule has 0 aromatic rings. The van der Waals surface area contributed by atoms with Gasteiger partial charge in [-0.2, -0.15) is 0 Å². The molecule has 0 bridgehead atoms. The van der Waals surface area contributed by atoms with E-state index in [2.05, 4.69) is 25.7 Å². The van der Waals surface area contributed by atoms with Gasteiger partial charge in [-0.3, -0.25) is 4.90 Å². The minimum atomic E-state index is 0.400. The van der Waals surface area contributed by atoms with Crippen molar-refractivity contribution in [2.45, 2.75) is 65.0 Å². The number of rotatable bonds is 8. The second-order valence-electron chi connectivity index (χ2n) is 6.47. The van der Waals surface area contributed by atoms with Gasteiger partial charge in [0.25, 0.3) is 0 Å². The molecule has 0 amide bonds. The van der Waals surface area contributed by atoms with Crippen LogP contribution < -0.4 is 5.73 Å². The van der Waals surface area contributed by atoms with E-state index in [1.807, 2.05) is 0 Å². The summed E-state index contributed by atoms with van der Waals surface area (Å²) in [4.78, 5) is 2.53. The van der Waals surface area contributed by atoms with Crippen LogP contribution in [0.4, 0.5) is 0 Å². The molecular weight excluding hydrogens is 236 g/mol. The Morgan fingerprint density at radius 3 is 2.63 bits per heavy atom. The zero-order chi connectivity index (χ0) is 14.3. The van der Waals surface area contributed by atoms with E-state index in [1.54, 1.807) is 7.11 Å². The zero-order valence-electron chi connectivity index (χ0n) is 13.4. The van der Waals surface area contributed by atoms with Crippen LogP contribution >= 0.6 is 0 Å². The summed E-state index contributed by atoms with van der Waals surface area (Å²) in [7, 11) is 1.78. The lowest BCUT2D eigenvalue weighted by Crippen LogP contribution is -2.46. The second kappa shape index (κ2) is 8.93. The van der Waals surface area contributed by atoms with Crippen molar-refractivity contribution in [3.8, 4) is 0 Å². The van der Waals surface area contributed by atoms with Gasteiger partial charge in [0, 0.05) is 32.3 Å². The molecule has 0 aliphatic heterocycles. The molecule has 19 heavy (non-hydrogen) atoms. The van der Waals surface area contributed by atoms with E-state index in [-0.39, 0.29) is 0 Å². The minimum Gasteiger partial charge on any atom is -0.383 e. The van der Waals surface area contributed by atoms with Crippen molar-refractivity contribution in [1.82, 2.24) is 4.90 Å². The molecule has 0 aromatic heterocycles. The number of ether oxygens (including phenoxy) is 1. The van der Waals surface area contributed by atoms with E-state index in [0.717, 1.165) is 25.6 Å². The summed E-state index contributed by atoms with van der Waals surface area (Å²) in [6.45, 7) is 9.82. The first-order chi connectivity index (χ1) is 9.08. The molecule has 1 rings (SSSR count). The maximum Gasteiger partial charge on any atom is 0.0589 e. The van der Waals surface area contributed by atoms with Gasteiger partial charge in [-0.25, -0.2) is 0 Å². The van der Waals surface area contributed by atoms with Gasteiger partial charge in [-0.15, -0.1) is 0 Å². The summed E-state index contributed by atoms with van der Waals surface area (Å²) < 4.78 is 5.23. The maximum absolute atomic E-state index is 6.36. The van der Waals surface area contributed by atoms with E-state index in [0.29, 0.717) is 18.0 Å². The van der Waals surface area contributed by atoms with Crippen molar-refractivity contribution in [1.29, 1.82) is 0 Å². The highest BCUT2D eigenvalue weighted by Gasteiger charge is 2.29. The standard InChI is InChI=1S/C16H34N2O/c1-5-6-14-7-8-16(17)15(11-14)12-18(13(2)3)9-10-19-4/h13-16H,5-12,17H2,1-4H3. The monoisotopic (exact) mass is 270 g/mol. The highest BCUT2D eigenvalue weighted by molar-refractivity contribution is 4.85. The van der Waals surface area contributed by atoms with Gasteiger partial charge in [0.1, 0.15) is 0 Å². The molecule has 0 heterocycles. The Morgan fingerprint density at radius 2 is 2.05 bits per heavy atom. The predicted octanol–water partition coefficient (Wildman–Crippen LogP) is 2.89. The van der Waals surface area contributed by atoms with Crippen LogP contribution in [-0.4, -0.2) is 43.8 Å². The lowest BCUT2D eigenvalue weighted by molar-refractivity contribution is 0.0939. The molecule has 0 spiro atoms. The SMILES string of the molecule is CCCC1CCC(N)C(CN(CCOC)C(C)C)C1. The number of hydrogen-bond acceptors (Lipinski definition) is 3. The first-order valence-corrected chi connectivity index (χ1v) is 8.07. The van der Waals surface area contributed by atoms with Crippen molar-refractivity contribution in [3.05, 3.63) is 0 Å². The molecule has 2 N–H and O–H groups in total. The normalized spacial score (nSPS) is 28.3. The summed E-state index contributed by atoms with van der Waals surface area (Å²) in [5, 5.41) is 0. The molecule has 1 aliphatic carbocycles. The topological polar surface area (TPSA) is 38.5 Å². The van der Waals surface area contributed by atoms with E-state index in [9.17, 15) is 0 Å². The lowest BCUT2D eigenvalue weighted by atomic mass is 9.76. The van der Waals surface area contributed by atoms with Crippen LogP contribution in [0.5, 0.6) is 0 Å². The largest absolute Gasteiger partial charge is 0.383 e. The first-order valence-electron chi connectivity index (χ1n) is 8.07. The molecule has 3 unspecified atom stereocenters. The van der Waals surface area contributed by atoms with Crippen LogP contribution in [0, 0.1) is 11.8 Å². The summed E-state index contributed by atoms with van der Waals surface area (Å²) in [5.41, 5.74) is 6.36. The predicted molar refractivity (Wildman–Crippen MR) is 82.3 cm³/mol. The Bertz CT molecular complexity index is 233. The molecular formula is C16H34N2O. The van der Waals surface area contributed by atoms with E-state index in [1.165, 1.54) is 32.1 Å². The fraction of sp³-hybridized carbons (Fsp3) is 1.00.